The number of terminal acetylenes is 1. The van der Waals surface area contributed by atoms with Crippen molar-refractivity contribution in [3.05, 3.63) is 11.6 Å². The van der Waals surface area contributed by atoms with E-state index in [0.717, 1.165) is 37.0 Å². The molecule has 0 amide bonds. The molecule has 0 saturated heterocycles. The number of carbonyl (C=O) groups is 1. The molecule has 0 radical (unpaired) electrons. The fraction of sp³-hybridized carbons (Fsp3) is 0.762. The van der Waals surface area contributed by atoms with Gasteiger partial charge in [-0.3, -0.25) is 4.79 Å². The van der Waals surface area contributed by atoms with E-state index in [1.54, 1.807) is 0 Å². The number of hydrogen-bond acceptors (Lipinski definition) is 1. The third-order valence-corrected chi connectivity index (χ3v) is 8.16. The van der Waals surface area contributed by atoms with Crippen LogP contribution in [-0.4, -0.2) is 5.78 Å². The number of allylic oxidation sites excluding steroid dienone is 1. The summed E-state index contributed by atoms with van der Waals surface area (Å²) in [6.45, 7) is 4.93. The van der Waals surface area contributed by atoms with Crippen LogP contribution in [0, 0.1) is 46.8 Å². The van der Waals surface area contributed by atoms with Crippen molar-refractivity contribution in [1.29, 1.82) is 0 Å². The van der Waals surface area contributed by atoms with Gasteiger partial charge in [-0.25, -0.2) is 0 Å². The third-order valence-electron chi connectivity index (χ3n) is 8.16. The molecule has 1 heteroatoms. The second kappa shape index (κ2) is 4.73. The quantitative estimate of drug-likeness (QED) is 0.589. The van der Waals surface area contributed by atoms with Gasteiger partial charge in [0.1, 0.15) is 0 Å². The Morgan fingerprint density at radius 1 is 1.09 bits per heavy atom. The molecule has 3 fully saturated rings. The van der Waals surface area contributed by atoms with Crippen LogP contribution in [0.5, 0.6) is 0 Å². The molecule has 118 valence electrons. The third kappa shape index (κ3) is 1.76. The van der Waals surface area contributed by atoms with Crippen molar-refractivity contribution < 1.29 is 4.79 Å². The van der Waals surface area contributed by atoms with Gasteiger partial charge in [0.25, 0.3) is 0 Å². The SMILES string of the molecule is C#C[C@@H]1CC[C@H]2[C@@H]3CCC4=CC(=O)CC[C@]4(C)[C@H]3CC[C@]12C. The number of fused-ring (bicyclic) bond motifs is 5. The molecule has 0 heterocycles. The first-order chi connectivity index (χ1) is 10.5. The average molecular weight is 296 g/mol. The first-order valence-electron chi connectivity index (χ1n) is 9.19. The van der Waals surface area contributed by atoms with E-state index < -0.39 is 0 Å². The molecule has 0 aliphatic heterocycles. The van der Waals surface area contributed by atoms with Gasteiger partial charge < -0.3 is 0 Å². The standard InChI is InChI=1S/C21H28O/c1-4-14-6-8-18-17-7-5-15-13-16(22)9-11-21(15,3)19(17)10-12-20(14,18)2/h1,13-14,17-19H,5-12H2,2-3H3/t14-,17+,18+,19+,20-,21+/m1/s1. The Morgan fingerprint density at radius 2 is 1.91 bits per heavy atom. The molecule has 6 atom stereocenters. The molecular weight excluding hydrogens is 268 g/mol. The fourth-order valence-corrected chi connectivity index (χ4v) is 6.83. The molecule has 0 aromatic carbocycles. The molecular formula is C21H28O. The van der Waals surface area contributed by atoms with E-state index in [9.17, 15) is 4.79 Å². The van der Waals surface area contributed by atoms with E-state index >= 15 is 0 Å². The Bertz CT molecular complexity index is 579. The van der Waals surface area contributed by atoms with Crippen molar-refractivity contribution in [2.24, 2.45) is 34.5 Å². The van der Waals surface area contributed by atoms with Crippen LogP contribution in [0.2, 0.25) is 0 Å². The Hall–Kier alpha value is -1.03. The molecule has 4 rings (SSSR count). The molecule has 4 aliphatic rings. The predicted octanol–water partition coefficient (Wildman–Crippen LogP) is 4.77. The van der Waals surface area contributed by atoms with Gasteiger partial charge >= 0.3 is 0 Å². The molecule has 0 spiro atoms. The van der Waals surface area contributed by atoms with Crippen LogP contribution >= 0.6 is 0 Å². The lowest BCUT2D eigenvalue weighted by molar-refractivity contribution is -0.117. The van der Waals surface area contributed by atoms with Gasteiger partial charge in [-0.15, -0.1) is 12.3 Å². The summed E-state index contributed by atoms with van der Waals surface area (Å²) in [7, 11) is 0. The monoisotopic (exact) mass is 296 g/mol. The highest BCUT2D eigenvalue weighted by molar-refractivity contribution is 5.91. The number of carbonyl (C=O) groups excluding carboxylic acids is 1. The van der Waals surface area contributed by atoms with Crippen LogP contribution < -0.4 is 0 Å². The van der Waals surface area contributed by atoms with E-state index in [1.807, 2.05) is 6.08 Å². The lowest BCUT2D eigenvalue weighted by Crippen LogP contribution is -2.50. The lowest BCUT2D eigenvalue weighted by atomic mass is 9.47. The summed E-state index contributed by atoms with van der Waals surface area (Å²) in [5.41, 5.74) is 2.16. The highest BCUT2D eigenvalue weighted by Gasteiger charge is 2.58. The van der Waals surface area contributed by atoms with E-state index in [4.69, 9.17) is 6.42 Å². The zero-order valence-corrected chi connectivity index (χ0v) is 14.0. The topological polar surface area (TPSA) is 17.1 Å². The molecule has 1 nitrogen and oxygen atoms in total. The summed E-state index contributed by atoms with van der Waals surface area (Å²) < 4.78 is 0. The van der Waals surface area contributed by atoms with Gasteiger partial charge in [-0.05, 0) is 79.6 Å². The Labute approximate surface area is 134 Å². The van der Waals surface area contributed by atoms with Crippen molar-refractivity contribution >= 4 is 5.78 Å². The van der Waals surface area contributed by atoms with Crippen LogP contribution in [0.25, 0.3) is 0 Å². The molecule has 0 bridgehead atoms. The smallest absolute Gasteiger partial charge is 0.155 e. The first kappa shape index (κ1) is 14.6. The van der Waals surface area contributed by atoms with Crippen LogP contribution in [-0.2, 0) is 4.79 Å². The summed E-state index contributed by atoms with van der Waals surface area (Å²) in [6.07, 6.45) is 17.3. The summed E-state index contributed by atoms with van der Waals surface area (Å²) in [6, 6.07) is 0. The van der Waals surface area contributed by atoms with E-state index in [2.05, 4.69) is 19.8 Å². The Balaban J connectivity index is 1.68. The number of ketones is 1. The number of rotatable bonds is 0. The van der Waals surface area contributed by atoms with Gasteiger partial charge in [-0.2, -0.15) is 0 Å². The molecule has 3 saturated carbocycles. The second-order valence-corrected chi connectivity index (χ2v) is 8.81. The van der Waals surface area contributed by atoms with Gasteiger partial charge in [0, 0.05) is 12.3 Å². The zero-order chi connectivity index (χ0) is 15.5. The lowest BCUT2D eigenvalue weighted by Gasteiger charge is -2.57. The number of hydrogen-bond donors (Lipinski definition) is 0. The highest BCUT2D eigenvalue weighted by atomic mass is 16.1. The van der Waals surface area contributed by atoms with E-state index in [1.165, 1.54) is 37.7 Å². The fourth-order valence-electron chi connectivity index (χ4n) is 6.83. The van der Waals surface area contributed by atoms with Gasteiger partial charge in [0.15, 0.2) is 5.78 Å². The molecule has 22 heavy (non-hydrogen) atoms. The molecule has 0 aromatic heterocycles. The maximum absolute atomic E-state index is 11.8. The molecule has 4 aliphatic carbocycles. The molecule has 0 N–H and O–H groups in total. The van der Waals surface area contributed by atoms with E-state index in [0.29, 0.717) is 22.5 Å². The van der Waals surface area contributed by atoms with Crippen molar-refractivity contribution in [1.82, 2.24) is 0 Å². The second-order valence-electron chi connectivity index (χ2n) is 8.81. The van der Waals surface area contributed by atoms with Gasteiger partial charge in [0.2, 0.25) is 0 Å². The molecule has 0 unspecified atom stereocenters. The zero-order valence-electron chi connectivity index (χ0n) is 14.0. The minimum atomic E-state index is 0.298. The van der Waals surface area contributed by atoms with Crippen LogP contribution in [0.4, 0.5) is 0 Å². The van der Waals surface area contributed by atoms with Crippen LogP contribution in [0.1, 0.15) is 65.2 Å². The summed E-state index contributed by atoms with van der Waals surface area (Å²) in [5, 5.41) is 0. The van der Waals surface area contributed by atoms with E-state index in [-0.39, 0.29) is 0 Å². The van der Waals surface area contributed by atoms with Gasteiger partial charge in [-0.1, -0.05) is 19.4 Å². The highest BCUT2D eigenvalue weighted by Crippen LogP contribution is 2.66. The normalized spacial score (nSPS) is 50.4. The Morgan fingerprint density at radius 3 is 2.68 bits per heavy atom. The van der Waals surface area contributed by atoms with Crippen molar-refractivity contribution in [2.75, 3.05) is 0 Å². The Kier molecular flexibility index (Phi) is 3.13. The van der Waals surface area contributed by atoms with Crippen LogP contribution in [0.3, 0.4) is 0 Å². The first-order valence-corrected chi connectivity index (χ1v) is 9.19. The van der Waals surface area contributed by atoms with Crippen molar-refractivity contribution in [3.8, 4) is 12.3 Å². The maximum atomic E-state index is 11.8. The molecule has 0 aromatic rings. The van der Waals surface area contributed by atoms with Crippen molar-refractivity contribution in [2.45, 2.75) is 65.2 Å². The summed E-state index contributed by atoms with van der Waals surface area (Å²) in [5.74, 6) is 6.42. The van der Waals surface area contributed by atoms with Crippen LogP contribution in [0.15, 0.2) is 11.6 Å². The predicted molar refractivity (Wildman–Crippen MR) is 89.0 cm³/mol. The minimum absolute atomic E-state index is 0.298. The average Bonchev–Trinajstić information content (AvgIpc) is 2.84. The summed E-state index contributed by atoms with van der Waals surface area (Å²) >= 11 is 0. The minimum Gasteiger partial charge on any atom is -0.295 e. The van der Waals surface area contributed by atoms with Gasteiger partial charge in [0.05, 0.1) is 0 Å². The maximum Gasteiger partial charge on any atom is 0.155 e. The largest absolute Gasteiger partial charge is 0.295 e. The summed E-state index contributed by atoms with van der Waals surface area (Å²) in [4.78, 5) is 11.8. The van der Waals surface area contributed by atoms with Crippen molar-refractivity contribution in [3.63, 3.8) is 0 Å².